The van der Waals surface area contributed by atoms with Crippen molar-refractivity contribution in [1.82, 2.24) is 4.98 Å². The highest BCUT2D eigenvalue weighted by atomic mass is 32.2. The van der Waals surface area contributed by atoms with Crippen LogP contribution in [0, 0.1) is 0 Å². The Morgan fingerprint density at radius 2 is 1.90 bits per heavy atom. The molecule has 21 heavy (non-hydrogen) atoms. The first kappa shape index (κ1) is 14.8. The lowest BCUT2D eigenvalue weighted by Gasteiger charge is -2.10. The number of hydrogen-bond donors (Lipinski definition) is 2. The Morgan fingerprint density at radius 1 is 1.19 bits per heavy atom. The summed E-state index contributed by atoms with van der Waals surface area (Å²) in [5.41, 5.74) is -0.254. The molecule has 2 aromatic rings. The monoisotopic (exact) mass is 308 g/mol. The maximum atomic E-state index is 12.3. The van der Waals surface area contributed by atoms with E-state index >= 15 is 0 Å². The molecular weight excluding hydrogens is 296 g/mol. The number of aromatic nitrogens is 1. The van der Waals surface area contributed by atoms with E-state index in [1.54, 1.807) is 12.1 Å². The maximum absolute atomic E-state index is 12.3. The second-order valence-corrected chi connectivity index (χ2v) is 5.62. The number of sulfonamides is 1. The number of carbonyl (C=O) groups is 1. The summed E-state index contributed by atoms with van der Waals surface area (Å²) in [5.74, 6) is -1.14. The molecule has 0 saturated carbocycles. The van der Waals surface area contributed by atoms with Crippen molar-refractivity contribution >= 4 is 21.8 Å². The number of ether oxygens (including phenoxy) is 1. The van der Waals surface area contributed by atoms with Gasteiger partial charge in [0.15, 0.2) is 5.69 Å². The normalized spacial score (nSPS) is 10.9. The van der Waals surface area contributed by atoms with Gasteiger partial charge in [-0.05, 0) is 24.3 Å². The number of carboxylic acid groups (broad SMARTS) is 1. The van der Waals surface area contributed by atoms with Gasteiger partial charge >= 0.3 is 5.97 Å². The van der Waals surface area contributed by atoms with E-state index in [-0.39, 0.29) is 22.2 Å². The van der Waals surface area contributed by atoms with Gasteiger partial charge in [-0.2, -0.15) is 0 Å². The minimum Gasteiger partial charge on any atom is -0.495 e. The third kappa shape index (κ3) is 3.29. The molecule has 1 heterocycles. The van der Waals surface area contributed by atoms with Crippen LogP contribution < -0.4 is 9.46 Å². The smallest absolute Gasteiger partial charge is 0.354 e. The first-order chi connectivity index (χ1) is 9.94. The van der Waals surface area contributed by atoms with Crippen LogP contribution in [0.25, 0.3) is 0 Å². The number of carboxylic acids is 1. The summed E-state index contributed by atoms with van der Waals surface area (Å²) >= 11 is 0. The summed E-state index contributed by atoms with van der Waals surface area (Å²) in [6, 6.07) is 10.1. The van der Waals surface area contributed by atoms with Crippen LogP contribution in [0.2, 0.25) is 0 Å². The van der Waals surface area contributed by atoms with Gasteiger partial charge in [-0.25, -0.2) is 18.2 Å². The zero-order chi connectivity index (χ0) is 15.5. The fourth-order valence-corrected chi connectivity index (χ4v) is 2.82. The van der Waals surface area contributed by atoms with Gasteiger partial charge in [-0.15, -0.1) is 0 Å². The van der Waals surface area contributed by atoms with Crippen LogP contribution in [0.4, 0.5) is 5.82 Å². The average Bonchev–Trinajstić information content (AvgIpc) is 2.47. The Bertz CT molecular complexity index is 774. The molecule has 0 aliphatic heterocycles. The van der Waals surface area contributed by atoms with Gasteiger partial charge in [0.25, 0.3) is 10.0 Å². The van der Waals surface area contributed by atoms with E-state index in [2.05, 4.69) is 9.71 Å². The molecule has 0 amide bonds. The molecule has 0 saturated heterocycles. The SMILES string of the molecule is COc1ccccc1S(=O)(=O)Nc1cccc(C(=O)O)n1. The first-order valence-corrected chi connectivity index (χ1v) is 7.28. The zero-order valence-corrected chi connectivity index (χ0v) is 11.8. The number of pyridine rings is 1. The number of hydrogen-bond acceptors (Lipinski definition) is 5. The Labute approximate surface area is 121 Å². The number of rotatable bonds is 5. The Balaban J connectivity index is 2.38. The Kier molecular flexibility index (Phi) is 4.08. The molecule has 0 unspecified atom stereocenters. The summed E-state index contributed by atoms with van der Waals surface area (Å²) < 4.78 is 31.8. The quantitative estimate of drug-likeness (QED) is 0.869. The third-order valence-electron chi connectivity index (χ3n) is 2.57. The summed E-state index contributed by atoms with van der Waals surface area (Å²) in [6.45, 7) is 0. The van der Waals surface area contributed by atoms with Crippen LogP contribution in [-0.4, -0.2) is 31.6 Å². The van der Waals surface area contributed by atoms with Gasteiger partial charge in [-0.3, -0.25) is 4.72 Å². The van der Waals surface area contributed by atoms with E-state index in [1.165, 1.54) is 37.4 Å². The minimum atomic E-state index is -3.93. The van der Waals surface area contributed by atoms with Crippen molar-refractivity contribution in [2.75, 3.05) is 11.8 Å². The summed E-state index contributed by atoms with van der Waals surface area (Å²) in [7, 11) is -2.57. The molecule has 0 atom stereocenters. The molecule has 8 heteroatoms. The Morgan fingerprint density at radius 3 is 2.57 bits per heavy atom. The highest BCUT2D eigenvalue weighted by Crippen LogP contribution is 2.24. The number of nitrogens with one attached hydrogen (secondary N) is 1. The minimum absolute atomic E-state index is 0.0602. The maximum Gasteiger partial charge on any atom is 0.354 e. The van der Waals surface area contributed by atoms with Gasteiger partial charge in [0.1, 0.15) is 16.5 Å². The first-order valence-electron chi connectivity index (χ1n) is 5.80. The highest BCUT2D eigenvalue weighted by molar-refractivity contribution is 7.92. The molecule has 0 aliphatic carbocycles. The largest absolute Gasteiger partial charge is 0.495 e. The molecule has 110 valence electrons. The molecule has 7 nitrogen and oxygen atoms in total. The van der Waals surface area contributed by atoms with Crippen molar-refractivity contribution in [3.8, 4) is 5.75 Å². The van der Waals surface area contributed by atoms with Crippen LogP contribution in [0.1, 0.15) is 10.5 Å². The van der Waals surface area contributed by atoms with Crippen LogP contribution in [0.3, 0.4) is 0 Å². The second kappa shape index (κ2) is 5.80. The Hall–Kier alpha value is -2.61. The zero-order valence-electron chi connectivity index (χ0n) is 11.0. The van der Waals surface area contributed by atoms with E-state index < -0.39 is 16.0 Å². The van der Waals surface area contributed by atoms with Crippen molar-refractivity contribution in [1.29, 1.82) is 0 Å². The molecular formula is C13H12N2O5S. The number of methoxy groups -OCH3 is 1. The van der Waals surface area contributed by atoms with Crippen LogP contribution in [0.5, 0.6) is 5.75 Å². The predicted octanol–water partition coefficient (Wildman–Crippen LogP) is 1.59. The molecule has 0 aliphatic rings. The molecule has 1 aromatic carbocycles. The van der Waals surface area contributed by atoms with E-state index in [0.29, 0.717) is 0 Å². The molecule has 1 aromatic heterocycles. The van der Waals surface area contributed by atoms with Crippen molar-refractivity contribution in [3.63, 3.8) is 0 Å². The average molecular weight is 308 g/mol. The van der Waals surface area contributed by atoms with Gasteiger partial charge in [0.2, 0.25) is 0 Å². The lowest BCUT2D eigenvalue weighted by Crippen LogP contribution is -2.15. The lowest BCUT2D eigenvalue weighted by atomic mass is 10.3. The van der Waals surface area contributed by atoms with E-state index in [1.807, 2.05) is 0 Å². The number of para-hydroxylation sites is 1. The number of benzene rings is 1. The second-order valence-electron chi connectivity index (χ2n) is 3.97. The van der Waals surface area contributed by atoms with Gasteiger partial charge in [-0.1, -0.05) is 18.2 Å². The molecule has 0 radical (unpaired) electrons. The topological polar surface area (TPSA) is 106 Å². The van der Waals surface area contributed by atoms with E-state index in [4.69, 9.17) is 9.84 Å². The fourth-order valence-electron chi connectivity index (χ4n) is 1.64. The van der Waals surface area contributed by atoms with Crippen LogP contribution >= 0.6 is 0 Å². The van der Waals surface area contributed by atoms with E-state index in [0.717, 1.165) is 0 Å². The summed E-state index contributed by atoms with van der Waals surface area (Å²) in [6.07, 6.45) is 0. The fraction of sp³-hybridized carbons (Fsp3) is 0.0769. The number of anilines is 1. The summed E-state index contributed by atoms with van der Waals surface area (Å²) in [5, 5.41) is 8.85. The number of nitrogens with zero attached hydrogens (tertiary/aromatic N) is 1. The standard InChI is InChI=1S/C13H12N2O5S/c1-20-10-6-2-3-7-11(10)21(18,19)15-12-8-4-5-9(14-12)13(16)17/h2-8H,1H3,(H,14,15)(H,16,17). The molecule has 0 bridgehead atoms. The molecule has 0 fully saturated rings. The van der Waals surface area contributed by atoms with Gasteiger partial charge in [0, 0.05) is 0 Å². The summed E-state index contributed by atoms with van der Waals surface area (Å²) in [4.78, 5) is 14.5. The van der Waals surface area contributed by atoms with Crippen molar-refractivity contribution in [3.05, 3.63) is 48.2 Å². The van der Waals surface area contributed by atoms with Crippen molar-refractivity contribution in [2.24, 2.45) is 0 Å². The van der Waals surface area contributed by atoms with Crippen molar-refractivity contribution in [2.45, 2.75) is 4.90 Å². The molecule has 0 spiro atoms. The van der Waals surface area contributed by atoms with Gasteiger partial charge in [0.05, 0.1) is 7.11 Å². The number of aromatic carboxylic acids is 1. The predicted molar refractivity (Wildman–Crippen MR) is 75.0 cm³/mol. The molecule has 2 N–H and O–H groups in total. The lowest BCUT2D eigenvalue weighted by molar-refractivity contribution is 0.0690. The van der Waals surface area contributed by atoms with Crippen molar-refractivity contribution < 1.29 is 23.1 Å². The van der Waals surface area contributed by atoms with Crippen LogP contribution in [-0.2, 0) is 10.0 Å². The highest BCUT2D eigenvalue weighted by Gasteiger charge is 2.20. The van der Waals surface area contributed by atoms with Gasteiger partial charge < -0.3 is 9.84 Å². The molecule has 2 rings (SSSR count). The third-order valence-corrected chi connectivity index (χ3v) is 3.96. The van der Waals surface area contributed by atoms with E-state index in [9.17, 15) is 13.2 Å². The van der Waals surface area contributed by atoms with Crippen LogP contribution in [0.15, 0.2) is 47.4 Å².